The Hall–Kier alpha value is -1.58. The van der Waals surface area contributed by atoms with Gasteiger partial charge >= 0.3 is 18.5 Å². The molecule has 1 amide bonds. The number of halogens is 12. The van der Waals surface area contributed by atoms with E-state index in [0.717, 1.165) is 30.3 Å². The summed E-state index contributed by atoms with van der Waals surface area (Å²) in [7, 11) is -2.43. The predicted molar refractivity (Wildman–Crippen MR) is 137 cm³/mol. The van der Waals surface area contributed by atoms with E-state index in [1.807, 2.05) is 0 Å². The molecule has 0 aliphatic heterocycles. The van der Waals surface area contributed by atoms with Crippen molar-refractivity contribution in [1.82, 2.24) is 5.32 Å². The summed E-state index contributed by atoms with van der Waals surface area (Å²) in [5.41, 5.74) is -2.96. The number of allylic oxidation sites excluding steroid dienone is 1. The number of alkyl halides is 9. The maximum Gasteiger partial charge on any atom is 0.417 e. The molecule has 0 aliphatic rings. The van der Waals surface area contributed by atoms with Crippen LogP contribution in [-0.4, -0.2) is 40.0 Å². The molecule has 16 heteroatoms. The summed E-state index contributed by atoms with van der Waals surface area (Å²) >= 11 is 12.0. The number of carbonyl (C=O) groups excluding carboxylic acids is 1. The van der Waals surface area contributed by atoms with E-state index in [9.17, 15) is 48.5 Å². The molecule has 0 aliphatic carbocycles. The van der Waals surface area contributed by atoms with Gasteiger partial charge in [0.05, 0.1) is 22.1 Å². The monoisotopic (exact) mass is 735 g/mol. The summed E-state index contributed by atoms with van der Waals surface area (Å²) in [5.74, 6) is -5.84. The largest absolute Gasteiger partial charge is 0.417 e. The Morgan fingerprint density at radius 2 is 1.59 bits per heavy atom. The van der Waals surface area contributed by atoms with Crippen molar-refractivity contribution in [1.29, 1.82) is 0 Å². The van der Waals surface area contributed by atoms with Crippen LogP contribution < -0.4 is 5.32 Å². The van der Waals surface area contributed by atoms with Crippen molar-refractivity contribution in [3.05, 3.63) is 72.6 Å². The number of hydrogen-bond acceptors (Lipinski definition) is 2. The molecule has 2 rings (SSSR count). The van der Waals surface area contributed by atoms with Gasteiger partial charge in [-0.1, -0.05) is 29.8 Å². The van der Waals surface area contributed by atoms with Crippen LogP contribution >= 0.6 is 43.5 Å². The second kappa shape index (κ2) is 12.9. The van der Waals surface area contributed by atoms with Gasteiger partial charge in [-0.05, 0) is 74.2 Å². The highest BCUT2D eigenvalue weighted by molar-refractivity contribution is 9.11. The van der Waals surface area contributed by atoms with Crippen LogP contribution in [0.2, 0.25) is 5.02 Å². The summed E-state index contributed by atoms with van der Waals surface area (Å²) in [4.78, 5) is 12.5. The molecule has 0 aromatic heterocycles. The molecule has 0 spiro atoms. The number of carbonyl (C=O) groups is 1. The van der Waals surface area contributed by atoms with Gasteiger partial charge in [-0.3, -0.25) is 9.00 Å². The van der Waals surface area contributed by atoms with Crippen LogP contribution in [0.3, 0.4) is 0 Å². The van der Waals surface area contributed by atoms with Gasteiger partial charge in [0.25, 0.3) is 5.91 Å². The van der Waals surface area contributed by atoms with Gasteiger partial charge in [-0.2, -0.15) is 39.5 Å². The minimum Gasteiger partial charge on any atom is -0.349 e. The molecule has 0 fully saturated rings. The van der Waals surface area contributed by atoms with Crippen LogP contribution in [-0.2, 0) is 17.0 Å². The van der Waals surface area contributed by atoms with E-state index in [4.69, 9.17) is 11.6 Å². The third-order valence-electron chi connectivity index (χ3n) is 4.93. The normalized spacial score (nSPS) is 15.3. The molecule has 216 valence electrons. The van der Waals surface area contributed by atoms with Gasteiger partial charge in [0.1, 0.15) is 5.75 Å². The van der Waals surface area contributed by atoms with E-state index in [0.29, 0.717) is 12.1 Å². The molecule has 0 saturated heterocycles. The fraction of sp³-hybridized carbons (Fsp3) is 0.348. The maximum absolute atomic E-state index is 13.8. The van der Waals surface area contributed by atoms with Gasteiger partial charge < -0.3 is 5.32 Å². The van der Waals surface area contributed by atoms with Crippen molar-refractivity contribution in [2.24, 2.45) is 0 Å². The molecule has 0 radical (unpaired) electrons. The predicted octanol–water partition coefficient (Wildman–Crippen LogP) is 8.67. The van der Waals surface area contributed by atoms with E-state index in [2.05, 4.69) is 37.2 Å². The Bertz CT molecular complexity index is 1240. The summed E-state index contributed by atoms with van der Waals surface area (Å²) in [6.45, 7) is 1.17. The van der Waals surface area contributed by atoms with Crippen molar-refractivity contribution in [2.75, 3.05) is 11.5 Å². The number of hydrogen-bond donors (Lipinski definition) is 1. The molecule has 0 heterocycles. The fourth-order valence-electron chi connectivity index (χ4n) is 3.33. The van der Waals surface area contributed by atoms with Gasteiger partial charge in [0, 0.05) is 31.5 Å². The van der Waals surface area contributed by atoms with Crippen LogP contribution in [0.4, 0.5) is 39.5 Å². The lowest BCUT2D eigenvalue weighted by Crippen LogP contribution is -2.38. The summed E-state index contributed by atoms with van der Waals surface area (Å²) < 4.78 is 131. The lowest BCUT2D eigenvalue weighted by molar-refractivity contribution is -0.139. The third kappa shape index (κ3) is 10.1. The third-order valence-corrected chi connectivity index (χ3v) is 8.57. The van der Waals surface area contributed by atoms with E-state index < -0.39 is 69.8 Å². The van der Waals surface area contributed by atoms with Crippen LogP contribution in [0, 0.1) is 0 Å². The molecule has 39 heavy (non-hydrogen) atoms. The van der Waals surface area contributed by atoms with Crippen molar-refractivity contribution in [3.63, 3.8) is 0 Å². The Morgan fingerprint density at radius 1 is 1.03 bits per heavy atom. The summed E-state index contributed by atoms with van der Waals surface area (Å²) in [5, 5.41) is 2.18. The minimum absolute atomic E-state index is 0.119. The standard InChI is InChI=1S/C23H17Br2ClF9NO2S/c1-11(9-39(38)10-21(27,28)29)36-20(37)14-4-2-12(6-16(14)23(33,34)35)3-5-15(22(30,31)32)13-7-17(24)19(26)18(25)8-13/h2-8,11,15H,9-10H2,1H3,(H,36,37)/b5-3+/t11-,15?,39?/m1/s1. The van der Waals surface area contributed by atoms with Crippen LogP contribution in [0.25, 0.3) is 6.08 Å². The van der Waals surface area contributed by atoms with E-state index >= 15 is 0 Å². The number of nitrogens with one attached hydrogen (secondary N) is 1. The maximum atomic E-state index is 13.8. The Kier molecular flexibility index (Phi) is 11.2. The first kappa shape index (κ1) is 33.6. The van der Waals surface area contributed by atoms with Gasteiger partial charge in [0.2, 0.25) is 0 Å². The first-order valence-corrected chi connectivity index (χ1v) is 14.0. The lowest BCUT2D eigenvalue weighted by atomic mass is 9.96. The summed E-state index contributed by atoms with van der Waals surface area (Å²) in [6.07, 6.45) is -13.2. The Morgan fingerprint density at radius 3 is 2.08 bits per heavy atom. The highest BCUT2D eigenvalue weighted by Crippen LogP contribution is 2.41. The first-order valence-electron chi connectivity index (χ1n) is 10.5. The van der Waals surface area contributed by atoms with Gasteiger partial charge in [-0.25, -0.2) is 0 Å². The Balaban J connectivity index is 2.36. The average Bonchev–Trinajstić information content (AvgIpc) is 2.74. The van der Waals surface area contributed by atoms with E-state index in [-0.39, 0.29) is 25.1 Å². The van der Waals surface area contributed by atoms with Crippen LogP contribution in [0.15, 0.2) is 45.4 Å². The molecular formula is C23H17Br2ClF9NO2S. The van der Waals surface area contributed by atoms with Crippen molar-refractivity contribution in [3.8, 4) is 0 Å². The average molecular weight is 738 g/mol. The SMILES string of the molecule is C[C@H](CS(=O)CC(F)(F)F)NC(=O)c1ccc(/C=C/C(c2cc(Br)c(Cl)c(Br)c2)C(F)(F)F)cc1C(F)(F)F. The molecule has 1 N–H and O–H groups in total. The molecular weight excluding hydrogens is 721 g/mol. The number of amides is 1. The number of benzene rings is 2. The van der Waals surface area contributed by atoms with Crippen molar-refractivity contribution < 1.29 is 48.5 Å². The lowest BCUT2D eigenvalue weighted by Gasteiger charge is -2.19. The highest BCUT2D eigenvalue weighted by atomic mass is 79.9. The molecule has 2 aromatic carbocycles. The van der Waals surface area contributed by atoms with Crippen molar-refractivity contribution >= 4 is 66.2 Å². The zero-order valence-electron chi connectivity index (χ0n) is 19.4. The topological polar surface area (TPSA) is 46.2 Å². The van der Waals surface area contributed by atoms with E-state index in [1.54, 1.807) is 0 Å². The highest BCUT2D eigenvalue weighted by Gasteiger charge is 2.40. The molecule has 2 unspecified atom stereocenters. The Labute approximate surface area is 240 Å². The van der Waals surface area contributed by atoms with Gasteiger partial charge in [0.15, 0.2) is 0 Å². The molecule has 3 atom stereocenters. The van der Waals surface area contributed by atoms with Gasteiger partial charge in [-0.15, -0.1) is 0 Å². The fourth-order valence-corrected chi connectivity index (χ4v) is 5.79. The second-order valence-electron chi connectivity index (χ2n) is 8.22. The smallest absolute Gasteiger partial charge is 0.349 e. The number of rotatable bonds is 8. The first-order chi connectivity index (χ1) is 17.7. The minimum atomic E-state index is -5.10. The molecule has 0 bridgehead atoms. The molecule has 3 nitrogen and oxygen atoms in total. The quantitative estimate of drug-likeness (QED) is 0.218. The zero-order chi connectivity index (χ0) is 29.9. The zero-order valence-corrected chi connectivity index (χ0v) is 24.1. The van der Waals surface area contributed by atoms with E-state index in [1.165, 1.54) is 6.92 Å². The molecule has 2 aromatic rings. The second-order valence-corrected chi connectivity index (χ2v) is 11.8. The molecule has 0 saturated carbocycles. The van der Waals surface area contributed by atoms with Crippen LogP contribution in [0.1, 0.15) is 39.9 Å². The van der Waals surface area contributed by atoms with Crippen LogP contribution in [0.5, 0.6) is 0 Å². The summed E-state index contributed by atoms with van der Waals surface area (Å²) in [6, 6.07) is 3.25. The van der Waals surface area contributed by atoms with Crippen molar-refractivity contribution in [2.45, 2.75) is 37.4 Å².